The summed E-state index contributed by atoms with van der Waals surface area (Å²) in [5.41, 5.74) is 3.03. The standard InChI is InChI=1S/C11H19N3O2S/c1-8(2)7-17(15,16)14-5-4-11-10(6-14)9(3)12-13-11/h8H,4-7H2,1-3H3,(H,12,13). The third kappa shape index (κ3) is 2.52. The second kappa shape index (κ2) is 4.42. The number of sulfonamides is 1. The number of aromatic nitrogens is 2. The maximum atomic E-state index is 12.1. The van der Waals surface area contributed by atoms with Crippen molar-refractivity contribution < 1.29 is 8.42 Å². The molecule has 17 heavy (non-hydrogen) atoms. The largest absolute Gasteiger partial charge is 0.282 e. The molecule has 2 rings (SSSR count). The van der Waals surface area contributed by atoms with Crippen LogP contribution in [0.25, 0.3) is 0 Å². The maximum absolute atomic E-state index is 12.1. The number of aromatic amines is 1. The summed E-state index contributed by atoms with van der Waals surface area (Å²) in [5.74, 6) is 0.381. The second-order valence-corrected chi connectivity index (χ2v) is 7.04. The van der Waals surface area contributed by atoms with E-state index in [2.05, 4.69) is 10.2 Å². The molecule has 0 aromatic carbocycles. The predicted octanol–water partition coefficient (Wildman–Crippen LogP) is 1.06. The Morgan fingerprint density at radius 1 is 1.47 bits per heavy atom. The average Bonchev–Trinajstić information content (AvgIpc) is 2.58. The Bertz CT molecular complexity index is 505. The Morgan fingerprint density at radius 2 is 2.18 bits per heavy atom. The van der Waals surface area contributed by atoms with Gasteiger partial charge in [0.1, 0.15) is 0 Å². The highest BCUT2D eigenvalue weighted by molar-refractivity contribution is 7.89. The van der Waals surface area contributed by atoms with Crippen molar-refractivity contribution in [2.45, 2.75) is 33.7 Å². The second-order valence-electron chi connectivity index (χ2n) is 5.02. The molecule has 0 aliphatic carbocycles. The minimum absolute atomic E-state index is 0.159. The zero-order valence-electron chi connectivity index (χ0n) is 10.5. The third-order valence-electron chi connectivity index (χ3n) is 3.04. The molecule has 1 aliphatic heterocycles. The van der Waals surface area contributed by atoms with Crippen LogP contribution in [0.5, 0.6) is 0 Å². The number of nitrogens with zero attached hydrogens (tertiary/aromatic N) is 2. The molecule has 1 aromatic rings. The van der Waals surface area contributed by atoms with E-state index < -0.39 is 10.0 Å². The number of rotatable bonds is 3. The molecule has 0 spiro atoms. The van der Waals surface area contributed by atoms with Gasteiger partial charge in [-0.2, -0.15) is 9.40 Å². The molecule has 0 fully saturated rings. The fraction of sp³-hybridized carbons (Fsp3) is 0.727. The third-order valence-corrected chi connectivity index (χ3v) is 5.23. The van der Waals surface area contributed by atoms with Crippen LogP contribution in [0.4, 0.5) is 0 Å². The summed E-state index contributed by atoms with van der Waals surface area (Å²) >= 11 is 0. The number of H-pyrrole nitrogens is 1. The number of aryl methyl sites for hydroxylation is 1. The van der Waals surface area contributed by atoms with E-state index in [1.54, 1.807) is 4.31 Å². The van der Waals surface area contributed by atoms with Gasteiger partial charge in [0.2, 0.25) is 10.0 Å². The highest BCUT2D eigenvalue weighted by Gasteiger charge is 2.29. The fourth-order valence-corrected chi connectivity index (χ4v) is 3.93. The zero-order valence-corrected chi connectivity index (χ0v) is 11.3. The Hall–Kier alpha value is -0.880. The normalized spacial score (nSPS) is 17.4. The molecule has 0 unspecified atom stereocenters. The van der Waals surface area contributed by atoms with Crippen molar-refractivity contribution in [3.63, 3.8) is 0 Å². The van der Waals surface area contributed by atoms with Gasteiger partial charge in [0.05, 0.1) is 11.4 Å². The van der Waals surface area contributed by atoms with Crippen LogP contribution >= 0.6 is 0 Å². The zero-order chi connectivity index (χ0) is 12.6. The molecule has 1 N–H and O–H groups in total. The molecule has 0 atom stereocenters. The van der Waals surface area contributed by atoms with Crippen molar-refractivity contribution >= 4 is 10.0 Å². The number of hydrogen-bond donors (Lipinski definition) is 1. The molecule has 0 bridgehead atoms. The smallest absolute Gasteiger partial charge is 0.214 e. The van der Waals surface area contributed by atoms with Crippen molar-refractivity contribution in [1.29, 1.82) is 0 Å². The fourth-order valence-electron chi connectivity index (χ4n) is 2.18. The minimum atomic E-state index is -3.13. The van der Waals surface area contributed by atoms with Crippen molar-refractivity contribution in [3.05, 3.63) is 17.0 Å². The molecule has 1 aliphatic rings. The van der Waals surface area contributed by atoms with E-state index in [1.165, 1.54) is 0 Å². The molecule has 1 aromatic heterocycles. The van der Waals surface area contributed by atoms with Gasteiger partial charge < -0.3 is 0 Å². The molecule has 0 saturated heterocycles. The predicted molar refractivity (Wildman–Crippen MR) is 66.1 cm³/mol. The average molecular weight is 257 g/mol. The van der Waals surface area contributed by atoms with Gasteiger partial charge in [-0.15, -0.1) is 0 Å². The van der Waals surface area contributed by atoms with E-state index in [9.17, 15) is 8.42 Å². The topological polar surface area (TPSA) is 66.1 Å². The summed E-state index contributed by atoms with van der Waals surface area (Å²) in [6, 6.07) is 0. The first-order chi connectivity index (χ1) is 7.90. The lowest BCUT2D eigenvalue weighted by molar-refractivity contribution is 0.386. The molecule has 0 amide bonds. The van der Waals surface area contributed by atoms with Crippen LogP contribution in [0.3, 0.4) is 0 Å². The van der Waals surface area contributed by atoms with Gasteiger partial charge in [-0.3, -0.25) is 5.10 Å². The van der Waals surface area contributed by atoms with E-state index in [4.69, 9.17) is 0 Å². The van der Waals surface area contributed by atoms with Gasteiger partial charge in [0.25, 0.3) is 0 Å². The summed E-state index contributed by atoms with van der Waals surface area (Å²) in [5, 5.41) is 7.10. The molecular formula is C11H19N3O2S. The van der Waals surface area contributed by atoms with Crippen LogP contribution in [-0.2, 0) is 23.0 Å². The lowest BCUT2D eigenvalue weighted by atomic mass is 10.1. The highest BCUT2D eigenvalue weighted by Crippen LogP contribution is 2.22. The lowest BCUT2D eigenvalue weighted by Gasteiger charge is -2.26. The van der Waals surface area contributed by atoms with E-state index >= 15 is 0 Å². The molecule has 0 saturated carbocycles. The lowest BCUT2D eigenvalue weighted by Crippen LogP contribution is -2.38. The summed E-state index contributed by atoms with van der Waals surface area (Å²) in [6.45, 7) is 6.79. The Morgan fingerprint density at radius 3 is 2.82 bits per heavy atom. The van der Waals surface area contributed by atoms with E-state index in [0.29, 0.717) is 13.1 Å². The van der Waals surface area contributed by atoms with Crippen LogP contribution in [0, 0.1) is 12.8 Å². The number of nitrogens with one attached hydrogen (secondary N) is 1. The van der Waals surface area contributed by atoms with Crippen molar-refractivity contribution in [3.8, 4) is 0 Å². The molecule has 6 heteroatoms. The van der Waals surface area contributed by atoms with Gasteiger partial charge in [-0.1, -0.05) is 13.8 Å². The first-order valence-electron chi connectivity index (χ1n) is 5.90. The summed E-state index contributed by atoms with van der Waals surface area (Å²) in [7, 11) is -3.13. The van der Waals surface area contributed by atoms with Gasteiger partial charge in [0, 0.05) is 30.8 Å². The van der Waals surface area contributed by atoms with Crippen LogP contribution in [0.2, 0.25) is 0 Å². The van der Waals surface area contributed by atoms with Crippen LogP contribution in [-0.4, -0.2) is 35.2 Å². The molecule has 5 nitrogen and oxygen atoms in total. The van der Waals surface area contributed by atoms with Gasteiger partial charge in [-0.25, -0.2) is 8.42 Å². The quantitative estimate of drug-likeness (QED) is 0.880. The Kier molecular flexibility index (Phi) is 3.27. The summed E-state index contributed by atoms with van der Waals surface area (Å²) in [6.07, 6.45) is 0.730. The van der Waals surface area contributed by atoms with Crippen LogP contribution in [0.1, 0.15) is 30.8 Å². The van der Waals surface area contributed by atoms with Crippen molar-refractivity contribution in [2.75, 3.05) is 12.3 Å². The van der Waals surface area contributed by atoms with E-state index in [0.717, 1.165) is 23.4 Å². The van der Waals surface area contributed by atoms with Crippen LogP contribution < -0.4 is 0 Å². The Balaban J connectivity index is 2.20. The molecule has 0 radical (unpaired) electrons. The SMILES string of the molecule is Cc1n[nH]c2c1CN(S(=O)(=O)CC(C)C)CC2. The van der Waals surface area contributed by atoms with Crippen LogP contribution in [0.15, 0.2) is 0 Å². The van der Waals surface area contributed by atoms with Gasteiger partial charge in [0.15, 0.2) is 0 Å². The first-order valence-corrected chi connectivity index (χ1v) is 7.51. The number of fused-ring (bicyclic) bond motifs is 1. The van der Waals surface area contributed by atoms with Crippen molar-refractivity contribution in [2.24, 2.45) is 5.92 Å². The Labute approximate surface area is 102 Å². The van der Waals surface area contributed by atoms with Gasteiger partial charge in [-0.05, 0) is 12.8 Å². The van der Waals surface area contributed by atoms with Crippen molar-refractivity contribution in [1.82, 2.24) is 14.5 Å². The molecular weight excluding hydrogens is 238 g/mol. The van der Waals surface area contributed by atoms with E-state index in [1.807, 2.05) is 20.8 Å². The molecule has 2 heterocycles. The van der Waals surface area contributed by atoms with E-state index in [-0.39, 0.29) is 11.7 Å². The molecule has 96 valence electrons. The summed E-state index contributed by atoms with van der Waals surface area (Å²) < 4.78 is 25.8. The highest BCUT2D eigenvalue weighted by atomic mass is 32.2. The maximum Gasteiger partial charge on any atom is 0.214 e. The number of hydrogen-bond acceptors (Lipinski definition) is 3. The first kappa shape index (κ1) is 12.6. The minimum Gasteiger partial charge on any atom is -0.282 e. The monoisotopic (exact) mass is 257 g/mol. The van der Waals surface area contributed by atoms with Gasteiger partial charge >= 0.3 is 0 Å². The summed E-state index contributed by atoms with van der Waals surface area (Å²) in [4.78, 5) is 0.